The van der Waals surface area contributed by atoms with E-state index in [0.717, 1.165) is 25.2 Å². The molecule has 2 N–H and O–H groups in total. The third kappa shape index (κ3) is 4.46. The molecule has 1 heterocycles. The lowest BCUT2D eigenvalue weighted by Gasteiger charge is -2.31. The molecule has 1 aromatic heterocycles. The summed E-state index contributed by atoms with van der Waals surface area (Å²) in [6.07, 6.45) is 4.07. The summed E-state index contributed by atoms with van der Waals surface area (Å²) in [5.41, 5.74) is 1.20. The maximum atomic E-state index is 9.27. The van der Waals surface area contributed by atoms with Gasteiger partial charge in [-0.15, -0.1) is 0 Å². The number of hydrogen-bond acceptors (Lipinski definition) is 4. The molecule has 1 atom stereocenters. The van der Waals surface area contributed by atoms with Gasteiger partial charge in [-0.05, 0) is 37.9 Å². The molecule has 114 valence electrons. The number of aliphatic hydroxyl groups is 1. The lowest BCUT2D eigenvalue weighted by molar-refractivity contribution is 0.295. The highest BCUT2D eigenvalue weighted by Gasteiger charge is 2.16. The van der Waals surface area contributed by atoms with E-state index >= 15 is 0 Å². The molecule has 0 fully saturated rings. The van der Waals surface area contributed by atoms with Crippen molar-refractivity contribution < 1.29 is 5.11 Å². The van der Waals surface area contributed by atoms with E-state index in [9.17, 15) is 5.11 Å². The maximum Gasteiger partial charge on any atom is 0.128 e. The van der Waals surface area contributed by atoms with Crippen LogP contribution in [0.25, 0.3) is 0 Å². The van der Waals surface area contributed by atoms with Gasteiger partial charge in [0.25, 0.3) is 0 Å². The summed E-state index contributed by atoms with van der Waals surface area (Å²) < 4.78 is 0. The van der Waals surface area contributed by atoms with Gasteiger partial charge in [0.2, 0.25) is 0 Å². The Hall–Kier alpha value is -1.13. The molecule has 0 aromatic carbocycles. The Bertz CT molecular complexity index is 362. The van der Waals surface area contributed by atoms with Crippen LogP contribution in [0.4, 0.5) is 5.82 Å². The fourth-order valence-corrected chi connectivity index (χ4v) is 2.57. The van der Waals surface area contributed by atoms with Crippen molar-refractivity contribution in [3.8, 4) is 0 Å². The molecule has 0 bridgehead atoms. The fourth-order valence-electron chi connectivity index (χ4n) is 2.57. The van der Waals surface area contributed by atoms with Crippen LogP contribution in [0.1, 0.15) is 52.1 Å². The van der Waals surface area contributed by atoms with Gasteiger partial charge < -0.3 is 15.3 Å². The highest BCUT2D eigenvalue weighted by atomic mass is 16.3. The number of hydrogen-bond donors (Lipinski definition) is 2. The number of rotatable bonds is 9. The number of pyridine rings is 1. The Morgan fingerprint density at radius 3 is 2.40 bits per heavy atom. The second-order valence-electron chi connectivity index (χ2n) is 5.12. The van der Waals surface area contributed by atoms with Crippen molar-refractivity contribution in [1.82, 2.24) is 10.3 Å². The Morgan fingerprint density at radius 1 is 1.25 bits per heavy atom. The molecule has 0 aliphatic heterocycles. The summed E-state index contributed by atoms with van der Waals surface area (Å²) in [6.45, 7) is 10.4. The molecule has 0 amide bonds. The van der Waals surface area contributed by atoms with Crippen molar-refractivity contribution >= 4 is 5.82 Å². The van der Waals surface area contributed by atoms with E-state index in [0.29, 0.717) is 18.6 Å². The molecule has 4 heteroatoms. The summed E-state index contributed by atoms with van der Waals surface area (Å²) in [7, 11) is 0. The third-order valence-electron chi connectivity index (χ3n) is 3.80. The Morgan fingerprint density at radius 2 is 1.95 bits per heavy atom. The van der Waals surface area contributed by atoms with Crippen LogP contribution in [-0.4, -0.2) is 35.8 Å². The zero-order valence-electron chi connectivity index (χ0n) is 13.3. The molecule has 20 heavy (non-hydrogen) atoms. The second-order valence-corrected chi connectivity index (χ2v) is 5.12. The number of nitrogens with one attached hydrogen (secondary N) is 1. The number of aliphatic hydroxyl groups excluding tert-OH is 1. The minimum absolute atomic E-state index is 0.160. The molecule has 4 nitrogen and oxygen atoms in total. The summed E-state index contributed by atoms with van der Waals surface area (Å²) in [5, 5.41) is 12.7. The molecule has 0 saturated heterocycles. The molecular weight excluding hydrogens is 250 g/mol. The van der Waals surface area contributed by atoms with Crippen molar-refractivity contribution in [2.45, 2.75) is 52.6 Å². The number of anilines is 1. The van der Waals surface area contributed by atoms with Gasteiger partial charge >= 0.3 is 0 Å². The van der Waals surface area contributed by atoms with E-state index in [1.165, 1.54) is 5.56 Å². The molecule has 0 saturated carbocycles. The van der Waals surface area contributed by atoms with Crippen LogP contribution >= 0.6 is 0 Å². The average molecular weight is 279 g/mol. The van der Waals surface area contributed by atoms with Gasteiger partial charge in [-0.3, -0.25) is 0 Å². The van der Waals surface area contributed by atoms with Gasteiger partial charge in [0.1, 0.15) is 5.82 Å². The first-order chi connectivity index (χ1) is 9.67. The minimum Gasteiger partial charge on any atom is -0.395 e. The minimum atomic E-state index is 0.160. The first-order valence-electron chi connectivity index (χ1n) is 7.74. The molecule has 1 unspecified atom stereocenters. The zero-order chi connectivity index (χ0) is 15.0. The second kappa shape index (κ2) is 8.93. The van der Waals surface area contributed by atoms with E-state index in [2.05, 4.69) is 55.0 Å². The van der Waals surface area contributed by atoms with Gasteiger partial charge in [0.15, 0.2) is 0 Å². The van der Waals surface area contributed by atoms with Crippen molar-refractivity contribution in [3.63, 3.8) is 0 Å². The first-order valence-corrected chi connectivity index (χ1v) is 7.74. The smallest absolute Gasteiger partial charge is 0.128 e. The predicted octanol–water partition coefficient (Wildman–Crippen LogP) is 2.74. The van der Waals surface area contributed by atoms with Crippen molar-refractivity contribution in [2.24, 2.45) is 0 Å². The zero-order valence-corrected chi connectivity index (χ0v) is 13.3. The average Bonchev–Trinajstić information content (AvgIpc) is 2.48. The monoisotopic (exact) mass is 279 g/mol. The Balaban J connectivity index is 2.87. The number of aromatic nitrogens is 1. The van der Waals surface area contributed by atoms with Gasteiger partial charge in [-0.2, -0.15) is 0 Å². The largest absolute Gasteiger partial charge is 0.395 e. The molecule has 1 rings (SSSR count). The Kier molecular flexibility index (Phi) is 7.55. The highest BCUT2D eigenvalue weighted by molar-refractivity contribution is 5.41. The van der Waals surface area contributed by atoms with Crippen LogP contribution in [0, 0.1) is 0 Å². The van der Waals surface area contributed by atoms with Crippen LogP contribution < -0.4 is 10.2 Å². The fraction of sp³-hybridized carbons (Fsp3) is 0.688. The quantitative estimate of drug-likeness (QED) is 0.730. The van der Waals surface area contributed by atoms with Crippen molar-refractivity contribution in [1.29, 1.82) is 0 Å². The van der Waals surface area contributed by atoms with Crippen LogP contribution in [-0.2, 0) is 0 Å². The van der Waals surface area contributed by atoms with E-state index in [-0.39, 0.29) is 6.61 Å². The summed E-state index contributed by atoms with van der Waals surface area (Å²) >= 11 is 0. The van der Waals surface area contributed by atoms with Crippen molar-refractivity contribution in [3.05, 3.63) is 23.9 Å². The molecule has 0 spiro atoms. The van der Waals surface area contributed by atoms with Crippen LogP contribution in [0.15, 0.2) is 18.3 Å². The molecule has 0 radical (unpaired) electrons. The summed E-state index contributed by atoms with van der Waals surface area (Å²) in [6, 6.07) is 4.95. The molecule has 1 aromatic rings. The van der Waals surface area contributed by atoms with E-state index in [4.69, 9.17) is 0 Å². The Labute approximate surface area is 123 Å². The lowest BCUT2D eigenvalue weighted by atomic mass is 10.1. The standard InChI is InChI=1S/C16H29N3O/c1-5-15(6-2)19(10-11-20)16-9-8-14(12-18-16)13(4)17-7-3/h8-9,12-13,15,17,20H,5-7,10-11H2,1-4H3. The van der Waals surface area contributed by atoms with Crippen LogP contribution in [0.2, 0.25) is 0 Å². The van der Waals surface area contributed by atoms with Gasteiger partial charge in [-0.1, -0.05) is 26.8 Å². The maximum absolute atomic E-state index is 9.27. The summed E-state index contributed by atoms with van der Waals surface area (Å²) in [5.74, 6) is 0.959. The number of nitrogens with zero attached hydrogens (tertiary/aromatic N) is 2. The van der Waals surface area contributed by atoms with E-state index in [1.807, 2.05) is 6.20 Å². The van der Waals surface area contributed by atoms with Crippen LogP contribution in [0.3, 0.4) is 0 Å². The van der Waals surface area contributed by atoms with E-state index in [1.54, 1.807) is 0 Å². The topological polar surface area (TPSA) is 48.4 Å². The lowest BCUT2D eigenvalue weighted by Crippen LogP contribution is -2.37. The van der Waals surface area contributed by atoms with Crippen LogP contribution in [0.5, 0.6) is 0 Å². The summed E-state index contributed by atoms with van der Waals surface area (Å²) in [4.78, 5) is 6.80. The van der Waals surface area contributed by atoms with Gasteiger partial charge in [0, 0.05) is 24.8 Å². The van der Waals surface area contributed by atoms with Crippen molar-refractivity contribution in [2.75, 3.05) is 24.6 Å². The molecule has 0 aliphatic carbocycles. The third-order valence-corrected chi connectivity index (χ3v) is 3.80. The normalized spacial score (nSPS) is 12.7. The SMILES string of the molecule is CCNC(C)c1ccc(N(CCO)C(CC)CC)nc1. The highest BCUT2D eigenvalue weighted by Crippen LogP contribution is 2.20. The van der Waals surface area contributed by atoms with Gasteiger partial charge in [-0.25, -0.2) is 4.98 Å². The van der Waals surface area contributed by atoms with Gasteiger partial charge in [0.05, 0.1) is 6.61 Å². The van der Waals surface area contributed by atoms with E-state index < -0.39 is 0 Å². The molecular formula is C16H29N3O. The molecule has 0 aliphatic rings. The first kappa shape index (κ1) is 16.9. The predicted molar refractivity (Wildman–Crippen MR) is 85.1 cm³/mol.